The number of aromatic nitrogens is 2. The van der Waals surface area contributed by atoms with Crippen molar-refractivity contribution in [1.29, 1.82) is 0 Å². The van der Waals surface area contributed by atoms with E-state index >= 15 is 0 Å². The van der Waals surface area contributed by atoms with E-state index in [1.807, 2.05) is 6.92 Å². The summed E-state index contributed by atoms with van der Waals surface area (Å²) >= 11 is 0. The van der Waals surface area contributed by atoms with Gasteiger partial charge in [-0.15, -0.1) is 0 Å². The van der Waals surface area contributed by atoms with Crippen LogP contribution in [0.1, 0.15) is 18.1 Å². The zero-order chi connectivity index (χ0) is 16.4. The molecule has 7 heteroatoms. The predicted molar refractivity (Wildman–Crippen MR) is 81.0 cm³/mol. The molecule has 3 aromatic rings. The topological polar surface area (TPSA) is 85.2 Å². The van der Waals surface area contributed by atoms with E-state index in [0.717, 1.165) is 0 Å². The smallest absolute Gasteiger partial charge is 0.337 e. The molecule has 0 atom stereocenters. The molecule has 0 saturated heterocycles. The fourth-order valence-corrected chi connectivity index (χ4v) is 2.21. The fraction of sp³-hybridized carbons (Fsp3) is 0.188. The number of ether oxygens (including phenoxy) is 1. The van der Waals surface area contributed by atoms with Crippen LogP contribution in [0, 0.1) is 5.82 Å². The van der Waals surface area contributed by atoms with E-state index in [4.69, 9.17) is 9.15 Å². The SMILES string of the molecule is CCc1cc(=O)oc2nc(OCc3ccc(F)cc3)[nH]c(=O)c12. The molecule has 0 bridgehead atoms. The minimum Gasteiger partial charge on any atom is -0.460 e. The number of hydrogen-bond acceptors (Lipinski definition) is 5. The van der Waals surface area contributed by atoms with Crippen molar-refractivity contribution in [3.05, 3.63) is 68.0 Å². The maximum Gasteiger partial charge on any atom is 0.337 e. The van der Waals surface area contributed by atoms with Gasteiger partial charge in [0, 0.05) is 6.07 Å². The summed E-state index contributed by atoms with van der Waals surface area (Å²) in [7, 11) is 0. The van der Waals surface area contributed by atoms with Crippen LogP contribution in [0.5, 0.6) is 6.01 Å². The van der Waals surface area contributed by atoms with Gasteiger partial charge in [0.2, 0.25) is 5.71 Å². The summed E-state index contributed by atoms with van der Waals surface area (Å²) in [6.07, 6.45) is 0.503. The lowest BCUT2D eigenvalue weighted by molar-refractivity contribution is 0.279. The second-order valence-electron chi connectivity index (χ2n) is 4.91. The van der Waals surface area contributed by atoms with E-state index in [-0.39, 0.29) is 29.5 Å². The maximum absolute atomic E-state index is 12.8. The van der Waals surface area contributed by atoms with Crippen LogP contribution in [0.15, 0.2) is 44.3 Å². The largest absolute Gasteiger partial charge is 0.460 e. The standard InChI is InChI=1S/C16H13FN2O4/c1-2-10-7-12(20)23-15-13(10)14(21)18-16(19-15)22-8-9-3-5-11(17)6-4-9/h3-7H,2,8H2,1H3,(H,18,19,21). The molecule has 118 valence electrons. The van der Waals surface area contributed by atoms with E-state index in [1.165, 1.54) is 18.2 Å². The van der Waals surface area contributed by atoms with Crippen molar-refractivity contribution in [3.8, 4) is 6.01 Å². The summed E-state index contributed by atoms with van der Waals surface area (Å²) < 4.78 is 23.2. The first-order valence-corrected chi connectivity index (χ1v) is 7.01. The third-order valence-electron chi connectivity index (χ3n) is 3.34. The summed E-state index contributed by atoms with van der Waals surface area (Å²) in [4.78, 5) is 30.2. The van der Waals surface area contributed by atoms with Crippen LogP contribution in [0.25, 0.3) is 11.1 Å². The lowest BCUT2D eigenvalue weighted by Gasteiger charge is -2.06. The Balaban J connectivity index is 1.95. The predicted octanol–water partition coefficient (Wildman–Crippen LogP) is 2.16. The first-order chi connectivity index (χ1) is 11.1. The Hall–Kier alpha value is -2.96. The number of rotatable bonds is 4. The van der Waals surface area contributed by atoms with E-state index in [9.17, 15) is 14.0 Å². The van der Waals surface area contributed by atoms with E-state index in [1.54, 1.807) is 12.1 Å². The van der Waals surface area contributed by atoms with Gasteiger partial charge in [0.1, 0.15) is 17.8 Å². The van der Waals surface area contributed by atoms with Crippen molar-refractivity contribution >= 4 is 11.1 Å². The highest BCUT2D eigenvalue weighted by atomic mass is 19.1. The van der Waals surface area contributed by atoms with Crippen LogP contribution in [-0.2, 0) is 13.0 Å². The Labute approximate surface area is 129 Å². The molecule has 1 aromatic carbocycles. The highest BCUT2D eigenvalue weighted by Gasteiger charge is 2.12. The summed E-state index contributed by atoms with van der Waals surface area (Å²) in [5, 5.41) is 0.237. The number of nitrogens with one attached hydrogen (secondary N) is 1. The maximum atomic E-state index is 12.8. The summed E-state index contributed by atoms with van der Waals surface area (Å²) in [6, 6.07) is 6.94. The number of benzene rings is 1. The highest BCUT2D eigenvalue weighted by Crippen LogP contribution is 2.14. The number of hydrogen-bond donors (Lipinski definition) is 1. The van der Waals surface area contributed by atoms with Crippen molar-refractivity contribution in [1.82, 2.24) is 9.97 Å². The lowest BCUT2D eigenvalue weighted by Crippen LogP contribution is -2.15. The Morgan fingerprint density at radius 1 is 1.26 bits per heavy atom. The van der Waals surface area contributed by atoms with Gasteiger partial charge in [-0.2, -0.15) is 4.98 Å². The molecular formula is C16H13FN2O4. The zero-order valence-corrected chi connectivity index (χ0v) is 12.3. The molecule has 0 aliphatic heterocycles. The van der Waals surface area contributed by atoms with Gasteiger partial charge >= 0.3 is 5.63 Å². The Morgan fingerprint density at radius 2 is 2.00 bits per heavy atom. The molecule has 0 amide bonds. The fourth-order valence-electron chi connectivity index (χ4n) is 2.21. The first kappa shape index (κ1) is 15.0. The van der Waals surface area contributed by atoms with Gasteiger partial charge in [-0.1, -0.05) is 19.1 Å². The van der Waals surface area contributed by atoms with Crippen LogP contribution in [-0.4, -0.2) is 9.97 Å². The Kier molecular flexibility index (Phi) is 3.92. The van der Waals surface area contributed by atoms with E-state index < -0.39 is 11.2 Å². The van der Waals surface area contributed by atoms with Crippen molar-refractivity contribution in [3.63, 3.8) is 0 Å². The number of halogens is 1. The van der Waals surface area contributed by atoms with Crippen LogP contribution < -0.4 is 15.9 Å². The Bertz CT molecular complexity index is 960. The minimum atomic E-state index is -0.572. The molecule has 6 nitrogen and oxygen atoms in total. The first-order valence-electron chi connectivity index (χ1n) is 7.01. The average Bonchev–Trinajstić information content (AvgIpc) is 2.53. The number of nitrogens with zero attached hydrogens (tertiary/aromatic N) is 1. The van der Waals surface area contributed by atoms with Crippen molar-refractivity contribution in [2.24, 2.45) is 0 Å². The highest BCUT2D eigenvalue weighted by molar-refractivity contribution is 5.75. The number of fused-ring (bicyclic) bond motifs is 1. The monoisotopic (exact) mass is 316 g/mol. The van der Waals surface area contributed by atoms with Crippen LogP contribution in [0.3, 0.4) is 0 Å². The summed E-state index contributed by atoms with van der Waals surface area (Å²) in [5.41, 5.74) is 0.196. The van der Waals surface area contributed by atoms with Gasteiger partial charge in [0.05, 0.1) is 0 Å². The van der Waals surface area contributed by atoms with Crippen LogP contribution in [0.2, 0.25) is 0 Å². The van der Waals surface area contributed by atoms with Crippen molar-refractivity contribution in [2.75, 3.05) is 0 Å². The van der Waals surface area contributed by atoms with Crippen molar-refractivity contribution in [2.45, 2.75) is 20.0 Å². The molecule has 23 heavy (non-hydrogen) atoms. The lowest BCUT2D eigenvalue weighted by atomic mass is 10.1. The number of aromatic amines is 1. The second kappa shape index (κ2) is 6.04. The molecule has 0 unspecified atom stereocenters. The molecule has 0 radical (unpaired) electrons. The zero-order valence-electron chi connectivity index (χ0n) is 12.3. The van der Waals surface area contributed by atoms with Gasteiger partial charge in [-0.25, -0.2) is 9.18 Å². The number of aryl methyl sites for hydroxylation is 1. The van der Waals surface area contributed by atoms with Crippen LogP contribution >= 0.6 is 0 Å². The van der Waals surface area contributed by atoms with Gasteiger partial charge < -0.3 is 9.15 Å². The van der Waals surface area contributed by atoms with Crippen LogP contribution in [0.4, 0.5) is 4.39 Å². The summed E-state index contributed by atoms with van der Waals surface area (Å²) in [6.45, 7) is 1.92. The molecule has 3 rings (SSSR count). The Morgan fingerprint density at radius 3 is 2.70 bits per heavy atom. The average molecular weight is 316 g/mol. The second-order valence-corrected chi connectivity index (χ2v) is 4.91. The molecule has 2 heterocycles. The van der Waals surface area contributed by atoms with Gasteiger partial charge in [-0.3, -0.25) is 9.78 Å². The molecule has 1 N–H and O–H groups in total. The molecule has 0 saturated carbocycles. The molecule has 2 aromatic heterocycles. The molecule has 0 aliphatic carbocycles. The van der Waals surface area contributed by atoms with Gasteiger partial charge in [0.15, 0.2) is 0 Å². The summed E-state index contributed by atoms with van der Waals surface area (Å²) in [5.74, 6) is -0.347. The van der Waals surface area contributed by atoms with Gasteiger partial charge in [-0.05, 0) is 29.7 Å². The van der Waals surface area contributed by atoms with Gasteiger partial charge in [0.25, 0.3) is 11.6 Å². The third kappa shape index (κ3) is 3.13. The minimum absolute atomic E-state index is 0.0628. The molecule has 0 spiro atoms. The molecule has 0 aliphatic rings. The normalized spacial score (nSPS) is 10.9. The van der Waals surface area contributed by atoms with Crippen molar-refractivity contribution < 1.29 is 13.5 Å². The number of H-pyrrole nitrogens is 1. The molecular weight excluding hydrogens is 303 g/mol. The van der Waals surface area contributed by atoms with E-state index in [2.05, 4.69) is 9.97 Å². The van der Waals surface area contributed by atoms with E-state index in [0.29, 0.717) is 17.5 Å². The molecule has 0 fully saturated rings. The third-order valence-corrected chi connectivity index (χ3v) is 3.34. The quantitative estimate of drug-likeness (QED) is 0.797.